The monoisotopic (exact) mass is 358 g/mol. The normalized spacial score (nSPS) is 10.3. The number of para-hydroxylation sites is 2. The quantitative estimate of drug-likeness (QED) is 0.725. The molecule has 8 heteroatoms. The molecular weight excluding hydrogens is 344 g/mol. The van der Waals surface area contributed by atoms with Gasteiger partial charge in [0.1, 0.15) is 5.75 Å². The SMILES string of the molecule is COc1ccccc1NC(=O)NCc1nc(-c2cccc(Cl)c2)no1. The molecule has 1 aromatic heterocycles. The van der Waals surface area contributed by atoms with E-state index < -0.39 is 6.03 Å². The average molecular weight is 359 g/mol. The minimum atomic E-state index is -0.410. The summed E-state index contributed by atoms with van der Waals surface area (Å²) < 4.78 is 10.3. The highest BCUT2D eigenvalue weighted by Crippen LogP contribution is 2.23. The molecule has 3 rings (SSSR count). The second-order valence-electron chi connectivity index (χ2n) is 5.03. The molecule has 0 radical (unpaired) electrons. The van der Waals surface area contributed by atoms with Crippen molar-refractivity contribution in [2.24, 2.45) is 0 Å². The third kappa shape index (κ3) is 4.27. The van der Waals surface area contributed by atoms with E-state index in [9.17, 15) is 4.79 Å². The number of nitrogens with one attached hydrogen (secondary N) is 2. The van der Waals surface area contributed by atoms with Gasteiger partial charge in [-0.25, -0.2) is 4.79 Å². The Morgan fingerprint density at radius 3 is 2.88 bits per heavy atom. The highest BCUT2D eigenvalue weighted by Gasteiger charge is 2.11. The van der Waals surface area contributed by atoms with Crippen LogP contribution in [0.1, 0.15) is 5.89 Å². The fourth-order valence-corrected chi connectivity index (χ4v) is 2.33. The van der Waals surface area contributed by atoms with Crippen molar-refractivity contribution in [3.8, 4) is 17.1 Å². The summed E-state index contributed by atoms with van der Waals surface area (Å²) in [6.07, 6.45) is 0. The van der Waals surface area contributed by atoms with Crippen LogP contribution in [-0.4, -0.2) is 23.3 Å². The first-order valence-electron chi connectivity index (χ1n) is 7.42. The zero-order valence-corrected chi connectivity index (χ0v) is 14.1. The van der Waals surface area contributed by atoms with Crippen LogP contribution in [0.3, 0.4) is 0 Å². The van der Waals surface area contributed by atoms with E-state index >= 15 is 0 Å². The average Bonchev–Trinajstić information content (AvgIpc) is 3.09. The molecule has 25 heavy (non-hydrogen) atoms. The van der Waals surface area contributed by atoms with E-state index in [4.69, 9.17) is 20.9 Å². The zero-order chi connectivity index (χ0) is 17.6. The Morgan fingerprint density at radius 2 is 2.08 bits per heavy atom. The Balaban J connectivity index is 1.59. The molecule has 7 nitrogen and oxygen atoms in total. The van der Waals surface area contributed by atoms with Crippen molar-refractivity contribution < 1.29 is 14.1 Å². The van der Waals surface area contributed by atoms with Crippen molar-refractivity contribution in [1.29, 1.82) is 0 Å². The van der Waals surface area contributed by atoms with Crippen molar-refractivity contribution in [2.75, 3.05) is 12.4 Å². The predicted molar refractivity (Wildman–Crippen MR) is 93.6 cm³/mol. The maximum atomic E-state index is 12.0. The molecule has 3 aromatic rings. The van der Waals surface area contributed by atoms with Crippen molar-refractivity contribution >= 4 is 23.3 Å². The second-order valence-corrected chi connectivity index (χ2v) is 5.47. The maximum absolute atomic E-state index is 12.0. The molecule has 0 aliphatic heterocycles. The standard InChI is InChI=1S/C17H15ClN4O3/c1-24-14-8-3-2-7-13(14)20-17(23)19-10-15-21-16(22-25-15)11-5-4-6-12(18)9-11/h2-9H,10H2,1H3,(H2,19,20,23). The van der Waals surface area contributed by atoms with Gasteiger partial charge in [0.25, 0.3) is 0 Å². The van der Waals surface area contributed by atoms with Crippen LogP contribution in [-0.2, 0) is 6.54 Å². The number of aromatic nitrogens is 2. The number of carbonyl (C=O) groups is 1. The van der Waals surface area contributed by atoms with Gasteiger partial charge in [-0.15, -0.1) is 0 Å². The second kappa shape index (κ2) is 7.67. The van der Waals surface area contributed by atoms with E-state index in [1.54, 1.807) is 36.4 Å². The molecule has 1 heterocycles. The van der Waals surface area contributed by atoms with E-state index in [2.05, 4.69) is 20.8 Å². The summed E-state index contributed by atoms with van der Waals surface area (Å²) in [6, 6.07) is 13.8. The molecule has 0 spiro atoms. The highest BCUT2D eigenvalue weighted by atomic mass is 35.5. The van der Waals surface area contributed by atoms with Gasteiger partial charge in [-0.05, 0) is 24.3 Å². The van der Waals surface area contributed by atoms with Gasteiger partial charge in [-0.3, -0.25) is 0 Å². The van der Waals surface area contributed by atoms with E-state index in [0.29, 0.717) is 22.3 Å². The zero-order valence-electron chi connectivity index (χ0n) is 13.3. The molecule has 2 aromatic carbocycles. The third-order valence-corrected chi connectivity index (χ3v) is 3.54. The van der Waals surface area contributed by atoms with Gasteiger partial charge in [0.2, 0.25) is 11.7 Å². The molecule has 2 N–H and O–H groups in total. The number of rotatable bonds is 5. The van der Waals surface area contributed by atoms with Crippen molar-refractivity contribution in [2.45, 2.75) is 6.54 Å². The summed E-state index contributed by atoms with van der Waals surface area (Å²) in [7, 11) is 1.54. The van der Waals surface area contributed by atoms with E-state index in [1.807, 2.05) is 12.1 Å². The number of hydrogen-bond donors (Lipinski definition) is 2. The highest BCUT2D eigenvalue weighted by molar-refractivity contribution is 6.30. The molecule has 0 aliphatic rings. The summed E-state index contributed by atoms with van der Waals surface area (Å²) in [4.78, 5) is 16.2. The van der Waals surface area contributed by atoms with Gasteiger partial charge in [0, 0.05) is 10.6 Å². The Labute approximate surface area is 149 Å². The first kappa shape index (κ1) is 16.8. The predicted octanol–water partition coefficient (Wildman–Crippen LogP) is 3.72. The molecule has 0 unspecified atom stereocenters. The van der Waals surface area contributed by atoms with Crippen LogP contribution in [0, 0.1) is 0 Å². The van der Waals surface area contributed by atoms with Crippen LogP contribution in [0.15, 0.2) is 53.1 Å². The summed E-state index contributed by atoms with van der Waals surface area (Å²) >= 11 is 5.94. The van der Waals surface area contributed by atoms with Crippen LogP contribution in [0.5, 0.6) is 5.75 Å². The summed E-state index contributed by atoms with van der Waals surface area (Å²) in [6.45, 7) is 0.0918. The van der Waals surface area contributed by atoms with Crippen LogP contribution in [0.25, 0.3) is 11.4 Å². The number of methoxy groups -OCH3 is 1. The first-order valence-corrected chi connectivity index (χ1v) is 7.80. The van der Waals surface area contributed by atoms with Crippen LogP contribution in [0.2, 0.25) is 5.02 Å². The molecule has 0 atom stereocenters. The molecule has 0 bridgehead atoms. The lowest BCUT2D eigenvalue weighted by Gasteiger charge is -2.09. The molecule has 0 fully saturated rings. The van der Waals surface area contributed by atoms with E-state index in [1.165, 1.54) is 7.11 Å². The Morgan fingerprint density at radius 1 is 1.24 bits per heavy atom. The lowest BCUT2D eigenvalue weighted by molar-refractivity contribution is 0.249. The maximum Gasteiger partial charge on any atom is 0.319 e. The van der Waals surface area contributed by atoms with Gasteiger partial charge in [0.05, 0.1) is 19.3 Å². The third-order valence-electron chi connectivity index (χ3n) is 3.31. The summed E-state index contributed by atoms with van der Waals surface area (Å²) in [5, 5.41) is 9.80. The Kier molecular flexibility index (Phi) is 5.15. The van der Waals surface area contributed by atoms with Gasteiger partial charge in [0.15, 0.2) is 0 Å². The lowest BCUT2D eigenvalue weighted by Crippen LogP contribution is -2.28. The number of carbonyl (C=O) groups excluding carboxylic acids is 1. The molecular formula is C17H15ClN4O3. The van der Waals surface area contributed by atoms with Gasteiger partial charge >= 0.3 is 6.03 Å². The number of nitrogens with zero attached hydrogens (tertiary/aromatic N) is 2. The Hall–Kier alpha value is -3.06. The number of benzene rings is 2. The van der Waals surface area contributed by atoms with Crippen LogP contribution >= 0.6 is 11.6 Å². The van der Waals surface area contributed by atoms with E-state index in [-0.39, 0.29) is 12.4 Å². The molecule has 0 aliphatic carbocycles. The number of urea groups is 1. The molecule has 0 saturated carbocycles. The van der Waals surface area contributed by atoms with Gasteiger partial charge in [-0.1, -0.05) is 41.0 Å². The van der Waals surface area contributed by atoms with Crippen LogP contribution in [0.4, 0.5) is 10.5 Å². The lowest BCUT2D eigenvalue weighted by atomic mass is 10.2. The summed E-state index contributed by atoms with van der Waals surface area (Å²) in [5.74, 6) is 1.26. The number of hydrogen-bond acceptors (Lipinski definition) is 5. The number of halogens is 1. The fraction of sp³-hybridized carbons (Fsp3) is 0.118. The van der Waals surface area contributed by atoms with Crippen molar-refractivity contribution in [3.63, 3.8) is 0 Å². The topological polar surface area (TPSA) is 89.3 Å². The fourth-order valence-electron chi connectivity index (χ4n) is 2.14. The minimum Gasteiger partial charge on any atom is -0.495 e. The number of anilines is 1. The molecule has 0 saturated heterocycles. The largest absolute Gasteiger partial charge is 0.495 e. The number of ether oxygens (including phenoxy) is 1. The minimum absolute atomic E-state index is 0.0918. The van der Waals surface area contributed by atoms with E-state index in [0.717, 1.165) is 5.56 Å². The molecule has 128 valence electrons. The van der Waals surface area contributed by atoms with Gasteiger partial charge in [-0.2, -0.15) is 4.98 Å². The van der Waals surface area contributed by atoms with Crippen LogP contribution < -0.4 is 15.4 Å². The van der Waals surface area contributed by atoms with Crippen molar-refractivity contribution in [1.82, 2.24) is 15.5 Å². The van der Waals surface area contributed by atoms with Crippen molar-refractivity contribution in [3.05, 3.63) is 59.4 Å². The molecule has 2 amide bonds. The Bertz CT molecular complexity index is 882. The summed E-state index contributed by atoms with van der Waals surface area (Å²) in [5.41, 5.74) is 1.30. The smallest absolute Gasteiger partial charge is 0.319 e. The van der Waals surface area contributed by atoms with Gasteiger partial charge < -0.3 is 19.9 Å². The first-order chi connectivity index (χ1) is 12.2. The number of amides is 2.